The van der Waals surface area contributed by atoms with E-state index in [0.29, 0.717) is 5.92 Å². The second-order valence-electron chi connectivity index (χ2n) is 4.75. The van der Waals surface area contributed by atoms with Crippen molar-refractivity contribution in [3.8, 4) is 0 Å². The summed E-state index contributed by atoms with van der Waals surface area (Å²) in [5.41, 5.74) is 6.90. The van der Waals surface area contributed by atoms with Crippen LogP contribution in [0, 0.1) is 0 Å². The Bertz CT molecular complexity index is 494. The molecule has 1 aromatic carbocycles. The van der Waals surface area contributed by atoms with Gasteiger partial charge in [-0.05, 0) is 18.9 Å². The lowest BCUT2D eigenvalue weighted by atomic mass is 9.86. The van der Waals surface area contributed by atoms with Crippen LogP contribution >= 0.6 is 0 Å². The van der Waals surface area contributed by atoms with Crippen molar-refractivity contribution in [3.63, 3.8) is 0 Å². The van der Waals surface area contributed by atoms with E-state index < -0.39 is 0 Å². The summed E-state index contributed by atoms with van der Waals surface area (Å²) < 4.78 is 5.76. The topological polar surface area (TPSA) is 39.2 Å². The predicted octanol–water partition coefficient (Wildman–Crippen LogP) is 4.06. The number of benzene rings is 1. The van der Waals surface area contributed by atoms with Crippen LogP contribution in [-0.4, -0.2) is 0 Å². The molecule has 1 aliphatic carbocycles. The largest absolute Gasteiger partial charge is 0.468 e. The van der Waals surface area contributed by atoms with Gasteiger partial charge in [0, 0.05) is 22.4 Å². The van der Waals surface area contributed by atoms with Gasteiger partial charge in [0.05, 0.1) is 6.26 Å². The minimum absolute atomic E-state index is 0.580. The molecule has 0 saturated heterocycles. The quantitative estimate of drug-likeness (QED) is 0.728. The monoisotopic (exact) mass is 215 g/mol. The first-order chi connectivity index (χ1) is 7.86. The zero-order chi connectivity index (χ0) is 11.0. The van der Waals surface area contributed by atoms with Crippen molar-refractivity contribution in [2.24, 2.45) is 0 Å². The normalized spacial score (nSPS) is 18.0. The van der Waals surface area contributed by atoms with Crippen molar-refractivity contribution in [1.82, 2.24) is 0 Å². The first-order valence-electron chi connectivity index (χ1n) is 6.12. The maximum Gasteiger partial charge on any atom is 0.116 e. The molecule has 0 aliphatic heterocycles. The molecule has 0 amide bonds. The summed E-state index contributed by atoms with van der Waals surface area (Å²) in [5, 5.41) is 2.29. The number of furan rings is 1. The highest BCUT2D eigenvalue weighted by Gasteiger charge is 2.21. The van der Waals surface area contributed by atoms with E-state index in [1.807, 2.05) is 18.4 Å². The third kappa shape index (κ3) is 1.49. The second-order valence-corrected chi connectivity index (χ2v) is 4.75. The van der Waals surface area contributed by atoms with Crippen LogP contribution < -0.4 is 5.73 Å². The molecule has 16 heavy (non-hydrogen) atoms. The van der Waals surface area contributed by atoms with Gasteiger partial charge in [-0.3, -0.25) is 0 Å². The Labute approximate surface area is 95.4 Å². The van der Waals surface area contributed by atoms with E-state index in [0.717, 1.165) is 22.2 Å². The van der Waals surface area contributed by atoms with Gasteiger partial charge in [0.1, 0.15) is 5.76 Å². The molecule has 2 heteroatoms. The highest BCUT2D eigenvalue weighted by atomic mass is 16.3. The van der Waals surface area contributed by atoms with Gasteiger partial charge in [0.15, 0.2) is 0 Å². The molecule has 0 atom stereocenters. The van der Waals surface area contributed by atoms with Crippen LogP contribution in [0.2, 0.25) is 0 Å². The molecule has 84 valence electrons. The fourth-order valence-electron chi connectivity index (χ4n) is 2.82. The van der Waals surface area contributed by atoms with Crippen molar-refractivity contribution in [3.05, 3.63) is 30.2 Å². The molecular weight excluding hydrogens is 198 g/mol. The van der Waals surface area contributed by atoms with Gasteiger partial charge in [0.25, 0.3) is 0 Å². The summed E-state index contributed by atoms with van der Waals surface area (Å²) in [7, 11) is 0. The highest BCUT2D eigenvalue weighted by Crippen LogP contribution is 2.39. The fraction of sp³-hybridized carbons (Fsp3) is 0.429. The van der Waals surface area contributed by atoms with Gasteiger partial charge < -0.3 is 10.2 Å². The minimum Gasteiger partial charge on any atom is -0.468 e. The molecule has 0 unspecified atom stereocenters. The Morgan fingerprint density at radius 2 is 1.94 bits per heavy atom. The number of anilines is 1. The molecule has 0 radical (unpaired) electrons. The first kappa shape index (κ1) is 9.76. The Morgan fingerprint density at radius 1 is 1.12 bits per heavy atom. The summed E-state index contributed by atoms with van der Waals surface area (Å²) in [4.78, 5) is 0. The first-order valence-corrected chi connectivity index (χ1v) is 6.12. The third-order valence-corrected chi connectivity index (χ3v) is 3.66. The van der Waals surface area contributed by atoms with Crippen molar-refractivity contribution in [2.45, 2.75) is 38.0 Å². The standard InChI is InChI=1S/C14H17NO/c15-12-8-4-7-11-9-16-14(13(11)12)10-5-2-1-3-6-10/h4,7-10H,1-3,5-6,15H2. The molecule has 0 spiro atoms. The Morgan fingerprint density at radius 3 is 2.75 bits per heavy atom. The van der Waals surface area contributed by atoms with Crippen LogP contribution in [0.25, 0.3) is 10.8 Å². The molecule has 0 bridgehead atoms. The van der Waals surface area contributed by atoms with Gasteiger partial charge in [-0.1, -0.05) is 31.4 Å². The molecule has 2 nitrogen and oxygen atoms in total. The zero-order valence-electron chi connectivity index (χ0n) is 9.41. The van der Waals surface area contributed by atoms with Crippen molar-refractivity contribution < 1.29 is 4.42 Å². The molecule has 2 N–H and O–H groups in total. The molecule has 1 aromatic heterocycles. The molecule has 3 rings (SSSR count). The van der Waals surface area contributed by atoms with E-state index in [9.17, 15) is 0 Å². The van der Waals surface area contributed by atoms with Gasteiger partial charge in [-0.2, -0.15) is 0 Å². The Hall–Kier alpha value is -1.44. The van der Waals surface area contributed by atoms with Crippen LogP contribution in [0.5, 0.6) is 0 Å². The van der Waals surface area contributed by atoms with Crippen molar-refractivity contribution >= 4 is 16.5 Å². The molecule has 1 fully saturated rings. The van der Waals surface area contributed by atoms with E-state index in [2.05, 4.69) is 6.07 Å². The lowest BCUT2D eigenvalue weighted by Crippen LogP contribution is -2.04. The molecular formula is C14H17NO. The van der Waals surface area contributed by atoms with Crippen LogP contribution in [0.1, 0.15) is 43.8 Å². The van der Waals surface area contributed by atoms with Crippen LogP contribution in [0.3, 0.4) is 0 Å². The highest BCUT2D eigenvalue weighted by molar-refractivity contribution is 5.94. The molecule has 2 aromatic rings. The van der Waals surface area contributed by atoms with E-state index in [4.69, 9.17) is 10.2 Å². The number of fused-ring (bicyclic) bond motifs is 1. The maximum absolute atomic E-state index is 6.05. The average Bonchev–Trinajstić information content (AvgIpc) is 2.75. The van der Waals surface area contributed by atoms with Crippen molar-refractivity contribution in [1.29, 1.82) is 0 Å². The van der Waals surface area contributed by atoms with Gasteiger partial charge in [0.2, 0.25) is 0 Å². The van der Waals surface area contributed by atoms with E-state index >= 15 is 0 Å². The minimum atomic E-state index is 0.580. The smallest absolute Gasteiger partial charge is 0.116 e. The summed E-state index contributed by atoms with van der Waals surface area (Å²) in [6, 6.07) is 6.02. The fourth-order valence-corrected chi connectivity index (χ4v) is 2.82. The number of rotatable bonds is 1. The predicted molar refractivity (Wildman–Crippen MR) is 66.5 cm³/mol. The Balaban J connectivity index is 2.09. The van der Waals surface area contributed by atoms with Crippen LogP contribution in [-0.2, 0) is 0 Å². The zero-order valence-corrected chi connectivity index (χ0v) is 9.41. The number of nitrogens with two attached hydrogens (primary N) is 1. The summed E-state index contributed by atoms with van der Waals surface area (Å²) in [6.07, 6.45) is 8.34. The average molecular weight is 215 g/mol. The van der Waals surface area contributed by atoms with Crippen molar-refractivity contribution in [2.75, 3.05) is 5.73 Å². The SMILES string of the molecule is Nc1cccc2coc(C3CCCCC3)c12. The number of hydrogen-bond acceptors (Lipinski definition) is 2. The van der Waals surface area contributed by atoms with Crippen LogP contribution in [0.15, 0.2) is 28.9 Å². The number of nitrogen functional groups attached to an aromatic ring is 1. The summed E-state index contributed by atoms with van der Waals surface area (Å²) >= 11 is 0. The summed E-state index contributed by atoms with van der Waals surface area (Å²) in [5.74, 6) is 1.70. The lowest BCUT2D eigenvalue weighted by Gasteiger charge is -2.20. The van der Waals surface area contributed by atoms with E-state index in [1.165, 1.54) is 32.1 Å². The molecule has 1 heterocycles. The molecule has 1 aliphatic rings. The lowest BCUT2D eigenvalue weighted by molar-refractivity contribution is 0.378. The third-order valence-electron chi connectivity index (χ3n) is 3.66. The Kier molecular flexibility index (Phi) is 2.35. The van der Waals surface area contributed by atoms with Crippen LogP contribution in [0.4, 0.5) is 5.69 Å². The number of hydrogen-bond donors (Lipinski definition) is 1. The summed E-state index contributed by atoms with van der Waals surface area (Å²) in [6.45, 7) is 0. The van der Waals surface area contributed by atoms with E-state index in [-0.39, 0.29) is 0 Å². The second kappa shape index (κ2) is 3.85. The van der Waals surface area contributed by atoms with Gasteiger partial charge in [-0.15, -0.1) is 0 Å². The molecule has 1 saturated carbocycles. The van der Waals surface area contributed by atoms with E-state index in [1.54, 1.807) is 0 Å². The maximum atomic E-state index is 6.05. The van der Waals surface area contributed by atoms with Gasteiger partial charge in [-0.25, -0.2) is 0 Å². The van der Waals surface area contributed by atoms with Gasteiger partial charge >= 0.3 is 0 Å².